The fourth-order valence-electron chi connectivity index (χ4n) is 5.71. The molecule has 2 aromatic rings. The van der Waals surface area contributed by atoms with Gasteiger partial charge in [-0.1, -0.05) is 25.5 Å². The van der Waals surface area contributed by atoms with Crippen LogP contribution in [0.1, 0.15) is 53.0 Å². The van der Waals surface area contributed by atoms with Gasteiger partial charge in [0.15, 0.2) is 0 Å². The topological polar surface area (TPSA) is 113 Å². The molecule has 226 valence electrons. The van der Waals surface area contributed by atoms with Crippen molar-refractivity contribution in [1.29, 1.82) is 0 Å². The quantitative estimate of drug-likeness (QED) is 0.468. The highest BCUT2D eigenvalue weighted by Crippen LogP contribution is 2.40. The number of anilines is 1. The molecule has 1 atom stereocenters. The zero-order valence-electron chi connectivity index (χ0n) is 24.9. The summed E-state index contributed by atoms with van der Waals surface area (Å²) in [6, 6.07) is 9.93. The maximum atomic E-state index is 14.4. The molecule has 0 aromatic heterocycles. The number of amides is 3. The van der Waals surface area contributed by atoms with Gasteiger partial charge in [0.1, 0.15) is 17.4 Å². The number of aromatic carboxylic acids is 1. The van der Waals surface area contributed by atoms with Crippen LogP contribution in [0.3, 0.4) is 0 Å². The van der Waals surface area contributed by atoms with E-state index >= 15 is 0 Å². The van der Waals surface area contributed by atoms with Crippen molar-refractivity contribution in [2.75, 3.05) is 51.8 Å². The molecule has 10 nitrogen and oxygen atoms in total. The number of aryl methyl sites for hydroxylation is 1. The maximum Gasteiger partial charge on any atom is 0.335 e. The highest BCUT2D eigenvalue weighted by Gasteiger charge is 2.54. The summed E-state index contributed by atoms with van der Waals surface area (Å²) < 4.78 is 14.4. The lowest BCUT2D eigenvalue weighted by molar-refractivity contribution is -0.140. The third kappa shape index (κ3) is 6.25. The molecule has 0 bridgehead atoms. The molecule has 2 N–H and O–H groups in total. The predicted molar refractivity (Wildman–Crippen MR) is 157 cm³/mol. The maximum absolute atomic E-state index is 14.4. The Morgan fingerprint density at radius 2 is 1.71 bits per heavy atom. The van der Waals surface area contributed by atoms with Crippen molar-refractivity contribution in [1.82, 2.24) is 20.0 Å². The molecule has 4 rings (SSSR count). The van der Waals surface area contributed by atoms with Crippen molar-refractivity contribution in [3.05, 3.63) is 65.0 Å². The van der Waals surface area contributed by atoms with Crippen molar-refractivity contribution < 1.29 is 28.7 Å². The molecule has 1 spiro atoms. The Kier molecular flexibility index (Phi) is 9.20. The summed E-state index contributed by atoms with van der Waals surface area (Å²) >= 11 is 0. The molecule has 0 saturated carbocycles. The lowest BCUT2D eigenvalue weighted by atomic mass is 9.85. The van der Waals surface area contributed by atoms with E-state index < -0.39 is 29.3 Å². The number of rotatable bonds is 9. The molecule has 2 aromatic carbocycles. The first-order valence-electron chi connectivity index (χ1n) is 14.2. The fraction of sp³-hybridized carbons (Fsp3) is 0.484. The number of carboxylic acid groups (broad SMARTS) is 1. The van der Waals surface area contributed by atoms with Gasteiger partial charge in [0, 0.05) is 31.9 Å². The largest absolute Gasteiger partial charge is 0.478 e. The summed E-state index contributed by atoms with van der Waals surface area (Å²) in [5.74, 6) is -2.84. The number of nitrogens with zero attached hydrogens (tertiary/aromatic N) is 4. The number of halogens is 1. The van der Waals surface area contributed by atoms with Crippen LogP contribution in [0.5, 0.6) is 0 Å². The molecular formula is C31H40FN5O5. The van der Waals surface area contributed by atoms with E-state index in [-0.39, 0.29) is 28.9 Å². The fourth-order valence-corrected chi connectivity index (χ4v) is 5.71. The van der Waals surface area contributed by atoms with E-state index in [9.17, 15) is 28.7 Å². The predicted octanol–water partition coefficient (Wildman–Crippen LogP) is 2.82. The summed E-state index contributed by atoms with van der Waals surface area (Å²) in [4.78, 5) is 59.5. The molecule has 0 radical (unpaired) electrons. The molecule has 3 amide bonds. The van der Waals surface area contributed by atoms with Crippen LogP contribution < -0.4 is 10.2 Å². The minimum absolute atomic E-state index is 0.0117. The lowest BCUT2D eigenvalue weighted by Crippen LogP contribution is -2.60. The van der Waals surface area contributed by atoms with Gasteiger partial charge in [-0.2, -0.15) is 0 Å². The summed E-state index contributed by atoms with van der Waals surface area (Å²) in [6.45, 7) is 7.60. The normalized spacial score (nSPS) is 17.3. The molecular weight excluding hydrogens is 541 g/mol. The van der Waals surface area contributed by atoms with Gasteiger partial charge >= 0.3 is 5.97 Å². The number of likely N-dealkylation sites (tertiary alicyclic amines) is 1. The van der Waals surface area contributed by atoms with Gasteiger partial charge in [-0.05, 0) is 76.2 Å². The van der Waals surface area contributed by atoms with Crippen LogP contribution in [0, 0.1) is 18.7 Å². The van der Waals surface area contributed by atoms with Crippen LogP contribution >= 0.6 is 0 Å². The van der Waals surface area contributed by atoms with Crippen LogP contribution in [-0.2, 0) is 9.59 Å². The standard InChI is InChI=1S/C31H40FN5O5/c1-20(2)26(33-27(38)24-18-21(3)6-11-25(24)32)28(39)35-14-12-31(13-15-35)30(42)36(17-16-34(4)5)19-37(31)23-9-7-22(8-10-23)29(40)41/h6-11,18,20,26H,12-17,19H2,1-5H3,(H,33,38)(H,40,41)/t26-/m1/s1. The monoisotopic (exact) mass is 581 g/mol. The van der Waals surface area contributed by atoms with Gasteiger partial charge in [-0.3, -0.25) is 14.4 Å². The van der Waals surface area contributed by atoms with Crippen LogP contribution in [0.15, 0.2) is 42.5 Å². The number of likely N-dealkylation sites (N-methyl/N-ethyl adjacent to an activating group) is 1. The smallest absolute Gasteiger partial charge is 0.335 e. The minimum atomic E-state index is -1.02. The van der Waals surface area contributed by atoms with Crippen molar-refractivity contribution in [3.8, 4) is 0 Å². The third-order valence-corrected chi connectivity index (χ3v) is 8.25. The summed E-state index contributed by atoms with van der Waals surface area (Å²) in [5, 5.41) is 12.1. The van der Waals surface area contributed by atoms with Crippen LogP contribution in [0.25, 0.3) is 0 Å². The molecule has 42 heavy (non-hydrogen) atoms. The summed E-state index contributed by atoms with van der Waals surface area (Å²) in [7, 11) is 3.89. The summed E-state index contributed by atoms with van der Waals surface area (Å²) in [6.07, 6.45) is 0.754. The molecule has 2 saturated heterocycles. The average molecular weight is 582 g/mol. The van der Waals surface area contributed by atoms with Gasteiger partial charge in [0.25, 0.3) is 5.91 Å². The van der Waals surface area contributed by atoms with Gasteiger partial charge < -0.3 is 30.0 Å². The van der Waals surface area contributed by atoms with Crippen molar-refractivity contribution in [3.63, 3.8) is 0 Å². The zero-order chi connectivity index (χ0) is 30.8. The lowest BCUT2D eigenvalue weighted by Gasteiger charge is -2.44. The van der Waals surface area contributed by atoms with Crippen LogP contribution in [-0.4, -0.2) is 102 Å². The first kappa shape index (κ1) is 31.0. The van der Waals surface area contributed by atoms with E-state index in [0.29, 0.717) is 45.7 Å². The van der Waals surface area contributed by atoms with E-state index in [1.165, 1.54) is 24.3 Å². The zero-order valence-corrected chi connectivity index (χ0v) is 24.9. The Labute approximate surface area is 246 Å². The van der Waals surface area contributed by atoms with E-state index in [2.05, 4.69) is 5.32 Å². The van der Waals surface area contributed by atoms with Crippen molar-refractivity contribution in [2.45, 2.75) is 45.2 Å². The number of hydrogen-bond donors (Lipinski definition) is 2. The van der Waals surface area contributed by atoms with E-state index in [0.717, 1.165) is 11.3 Å². The van der Waals surface area contributed by atoms with E-state index in [1.54, 1.807) is 30.0 Å². The van der Waals surface area contributed by atoms with Gasteiger partial charge in [-0.25, -0.2) is 9.18 Å². The highest BCUT2D eigenvalue weighted by atomic mass is 19.1. The van der Waals surface area contributed by atoms with Crippen molar-refractivity contribution in [2.24, 2.45) is 5.92 Å². The van der Waals surface area contributed by atoms with E-state index in [1.807, 2.05) is 42.6 Å². The molecule has 2 fully saturated rings. The van der Waals surface area contributed by atoms with Gasteiger partial charge in [0.05, 0.1) is 17.8 Å². The Morgan fingerprint density at radius 3 is 2.29 bits per heavy atom. The number of piperidine rings is 1. The Balaban J connectivity index is 1.53. The number of carbonyl (C=O) groups excluding carboxylic acids is 3. The molecule has 0 aliphatic carbocycles. The summed E-state index contributed by atoms with van der Waals surface area (Å²) in [5.41, 5.74) is 0.654. The first-order chi connectivity index (χ1) is 19.8. The number of nitrogens with one attached hydrogen (secondary N) is 1. The Hall–Kier alpha value is -3.99. The Morgan fingerprint density at radius 1 is 1.07 bits per heavy atom. The highest BCUT2D eigenvalue weighted by molar-refractivity contribution is 5.98. The second-order valence-corrected chi connectivity index (χ2v) is 11.8. The van der Waals surface area contributed by atoms with Crippen molar-refractivity contribution >= 4 is 29.4 Å². The van der Waals surface area contributed by atoms with Gasteiger partial charge in [-0.15, -0.1) is 0 Å². The van der Waals surface area contributed by atoms with Gasteiger partial charge in [0.2, 0.25) is 11.8 Å². The number of carboxylic acids is 1. The second kappa shape index (κ2) is 12.5. The van der Waals surface area contributed by atoms with Crippen LogP contribution in [0.4, 0.5) is 10.1 Å². The number of benzene rings is 2. The molecule has 11 heteroatoms. The minimum Gasteiger partial charge on any atom is -0.478 e. The second-order valence-electron chi connectivity index (χ2n) is 11.8. The first-order valence-corrected chi connectivity index (χ1v) is 14.2. The molecule has 2 heterocycles. The third-order valence-electron chi connectivity index (χ3n) is 8.25. The average Bonchev–Trinajstić information content (AvgIpc) is 3.22. The van der Waals surface area contributed by atoms with Crippen LogP contribution in [0.2, 0.25) is 0 Å². The van der Waals surface area contributed by atoms with E-state index in [4.69, 9.17) is 0 Å². The molecule has 2 aliphatic rings. The SMILES string of the molecule is Cc1ccc(F)c(C(=O)N[C@@H](C(=O)N2CCC3(CC2)C(=O)N(CCN(C)C)CN3c2ccc(C(=O)O)cc2)C(C)C)c1. The number of carbonyl (C=O) groups is 4. The molecule has 2 aliphatic heterocycles. The number of hydrogen-bond acceptors (Lipinski definition) is 6. The Bertz CT molecular complexity index is 1340. The molecule has 0 unspecified atom stereocenters.